The minimum atomic E-state index is -1.37. The van der Waals surface area contributed by atoms with E-state index >= 15 is 0 Å². The number of rotatable bonds is 3. The molecule has 0 aromatic heterocycles. The summed E-state index contributed by atoms with van der Waals surface area (Å²) >= 11 is 5.83. The smallest absolute Gasteiger partial charge is 0.255 e. The van der Waals surface area contributed by atoms with Gasteiger partial charge in [-0.25, -0.2) is 0 Å². The van der Waals surface area contributed by atoms with Crippen LogP contribution in [0.1, 0.15) is 31.8 Å². The molecule has 0 aliphatic carbocycles. The van der Waals surface area contributed by atoms with Gasteiger partial charge in [0.05, 0.1) is 11.7 Å². The van der Waals surface area contributed by atoms with Gasteiger partial charge in [-0.2, -0.15) is 0 Å². The van der Waals surface area contributed by atoms with Crippen molar-refractivity contribution < 1.29 is 14.7 Å². The van der Waals surface area contributed by atoms with Crippen LogP contribution in [0.25, 0.3) is 0 Å². The number of benzene rings is 2. The molecule has 0 heterocycles. The second-order valence-corrected chi connectivity index (χ2v) is 5.17. The lowest BCUT2D eigenvalue weighted by Gasteiger charge is -2.13. The molecule has 2 aromatic rings. The summed E-state index contributed by atoms with van der Waals surface area (Å²) in [4.78, 5) is 23.2. The third kappa shape index (κ3) is 3.41. The Balaban J connectivity index is 2.33. The zero-order valence-electron chi connectivity index (χ0n) is 11.6. The fraction of sp³-hybridized carbons (Fsp3) is 0.125. The zero-order valence-corrected chi connectivity index (χ0v) is 12.3. The maximum absolute atomic E-state index is 12.2. The van der Waals surface area contributed by atoms with Crippen LogP contribution in [0.4, 0.5) is 5.69 Å². The number of hydrogen-bond donors (Lipinski definition) is 1. The summed E-state index contributed by atoms with van der Waals surface area (Å²) in [5.41, 5.74) is 2.50. The van der Waals surface area contributed by atoms with Crippen molar-refractivity contribution in [2.24, 2.45) is 0 Å². The standard InChI is InChI=1S/C16H14ClNO3/c1-9-3-4-11(7-10(9)2)15(19)18-14-8-12(17)5-6-13(14)16(20)21/h3-8H,1-2H3,(H,18,19)(H,20,21)/p-1. The average molecular weight is 303 g/mol. The van der Waals surface area contributed by atoms with E-state index in [1.165, 1.54) is 18.2 Å². The molecule has 0 radical (unpaired) electrons. The third-order valence-electron chi connectivity index (χ3n) is 3.22. The lowest BCUT2D eigenvalue weighted by atomic mass is 10.1. The Bertz CT molecular complexity index is 725. The van der Waals surface area contributed by atoms with Crippen LogP contribution in [-0.2, 0) is 0 Å². The number of amides is 1. The molecule has 2 rings (SSSR count). The summed E-state index contributed by atoms with van der Waals surface area (Å²) in [6.45, 7) is 3.85. The first-order valence-corrected chi connectivity index (χ1v) is 6.66. The Labute approximate surface area is 127 Å². The first-order chi connectivity index (χ1) is 9.88. The van der Waals surface area contributed by atoms with E-state index in [9.17, 15) is 14.7 Å². The average Bonchev–Trinajstić information content (AvgIpc) is 2.41. The van der Waals surface area contributed by atoms with Gasteiger partial charge in [0.25, 0.3) is 5.91 Å². The molecule has 21 heavy (non-hydrogen) atoms. The molecule has 1 N–H and O–H groups in total. The number of aromatic carboxylic acids is 1. The third-order valence-corrected chi connectivity index (χ3v) is 3.45. The van der Waals surface area contributed by atoms with Crippen molar-refractivity contribution in [1.29, 1.82) is 0 Å². The predicted octanol–water partition coefficient (Wildman–Crippen LogP) is 2.57. The van der Waals surface area contributed by atoms with Crippen LogP contribution in [0.3, 0.4) is 0 Å². The molecule has 0 saturated heterocycles. The maximum Gasteiger partial charge on any atom is 0.255 e. The highest BCUT2D eigenvalue weighted by atomic mass is 35.5. The number of carboxylic acids is 1. The predicted molar refractivity (Wildman–Crippen MR) is 79.7 cm³/mol. The van der Waals surface area contributed by atoms with Gasteiger partial charge in [-0.1, -0.05) is 17.7 Å². The van der Waals surface area contributed by atoms with Crippen molar-refractivity contribution in [3.05, 3.63) is 63.7 Å². The van der Waals surface area contributed by atoms with E-state index in [0.717, 1.165) is 11.1 Å². The molecule has 0 fully saturated rings. The molecule has 5 heteroatoms. The summed E-state index contributed by atoms with van der Waals surface area (Å²) in [5.74, 6) is -1.77. The maximum atomic E-state index is 12.2. The molecule has 0 unspecified atom stereocenters. The van der Waals surface area contributed by atoms with Gasteiger partial charge in [0.15, 0.2) is 0 Å². The fourth-order valence-corrected chi connectivity index (χ4v) is 2.05. The number of carboxylic acid groups (broad SMARTS) is 1. The summed E-state index contributed by atoms with van der Waals surface area (Å²) in [6, 6.07) is 9.37. The van der Waals surface area contributed by atoms with Gasteiger partial charge < -0.3 is 15.2 Å². The van der Waals surface area contributed by atoms with Gasteiger partial charge in [-0.3, -0.25) is 4.79 Å². The van der Waals surface area contributed by atoms with E-state index < -0.39 is 11.9 Å². The van der Waals surface area contributed by atoms with Crippen LogP contribution >= 0.6 is 11.6 Å². The number of anilines is 1. The quantitative estimate of drug-likeness (QED) is 0.947. The van der Waals surface area contributed by atoms with Crippen molar-refractivity contribution in [2.45, 2.75) is 13.8 Å². The van der Waals surface area contributed by atoms with Gasteiger partial charge >= 0.3 is 0 Å². The van der Waals surface area contributed by atoms with E-state index in [2.05, 4.69) is 5.32 Å². The highest BCUT2D eigenvalue weighted by molar-refractivity contribution is 6.31. The number of hydrogen-bond acceptors (Lipinski definition) is 3. The van der Waals surface area contributed by atoms with Gasteiger partial charge in [0, 0.05) is 16.1 Å². The molecule has 108 valence electrons. The van der Waals surface area contributed by atoms with E-state index in [4.69, 9.17) is 11.6 Å². The highest BCUT2D eigenvalue weighted by Gasteiger charge is 2.11. The van der Waals surface area contributed by atoms with Crippen LogP contribution in [0.2, 0.25) is 5.02 Å². The lowest BCUT2D eigenvalue weighted by molar-refractivity contribution is -0.254. The highest BCUT2D eigenvalue weighted by Crippen LogP contribution is 2.21. The minimum Gasteiger partial charge on any atom is -0.545 e. The number of halogens is 1. The van der Waals surface area contributed by atoms with Crippen molar-refractivity contribution in [2.75, 3.05) is 5.32 Å². The lowest BCUT2D eigenvalue weighted by Crippen LogP contribution is -2.24. The topological polar surface area (TPSA) is 69.2 Å². The van der Waals surface area contributed by atoms with Gasteiger partial charge in [0.2, 0.25) is 0 Å². The minimum absolute atomic E-state index is 0.114. The van der Waals surface area contributed by atoms with Crippen molar-refractivity contribution >= 4 is 29.2 Å². The molecule has 0 spiro atoms. The van der Waals surface area contributed by atoms with Gasteiger partial charge in [0.1, 0.15) is 0 Å². The van der Waals surface area contributed by atoms with Crippen molar-refractivity contribution in [3.8, 4) is 0 Å². The molecule has 0 saturated carbocycles. The number of carbonyl (C=O) groups excluding carboxylic acids is 2. The van der Waals surface area contributed by atoms with E-state index in [1.54, 1.807) is 12.1 Å². The van der Waals surface area contributed by atoms with Gasteiger partial charge in [-0.05, 0) is 55.3 Å². The summed E-state index contributed by atoms with van der Waals surface area (Å²) in [6.07, 6.45) is 0. The normalized spacial score (nSPS) is 10.2. The van der Waals surface area contributed by atoms with Crippen molar-refractivity contribution in [1.82, 2.24) is 0 Å². The molecule has 0 aliphatic rings. The Morgan fingerprint density at radius 3 is 2.38 bits per heavy atom. The van der Waals surface area contributed by atoms with Crippen LogP contribution < -0.4 is 10.4 Å². The van der Waals surface area contributed by atoms with E-state index in [1.807, 2.05) is 19.9 Å². The molecular formula is C16H13ClNO3-. The molecule has 1 amide bonds. The van der Waals surface area contributed by atoms with Crippen molar-refractivity contribution in [3.63, 3.8) is 0 Å². The summed E-state index contributed by atoms with van der Waals surface area (Å²) in [5, 5.41) is 13.9. The summed E-state index contributed by atoms with van der Waals surface area (Å²) < 4.78 is 0. The Morgan fingerprint density at radius 1 is 1.05 bits per heavy atom. The van der Waals surface area contributed by atoms with Crippen LogP contribution in [0.5, 0.6) is 0 Å². The van der Waals surface area contributed by atoms with E-state index in [0.29, 0.717) is 10.6 Å². The molecule has 4 nitrogen and oxygen atoms in total. The SMILES string of the molecule is Cc1ccc(C(=O)Nc2cc(Cl)ccc2C(=O)[O-])cc1C. The molecule has 0 bridgehead atoms. The number of aryl methyl sites for hydroxylation is 2. The second-order valence-electron chi connectivity index (χ2n) is 4.73. The Hall–Kier alpha value is -2.33. The first-order valence-electron chi connectivity index (χ1n) is 6.28. The van der Waals surface area contributed by atoms with Gasteiger partial charge in [-0.15, -0.1) is 0 Å². The van der Waals surface area contributed by atoms with Crippen LogP contribution in [0, 0.1) is 13.8 Å². The second kappa shape index (κ2) is 5.97. The Kier molecular flexibility index (Phi) is 4.29. The fourth-order valence-electron chi connectivity index (χ4n) is 1.88. The van der Waals surface area contributed by atoms with E-state index in [-0.39, 0.29) is 11.3 Å². The zero-order chi connectivity index (χ0) is 15.6. The summed E-state index contributed by atoms with van der Waals surface area (Å²) in [7, 11) is 0. The monoisotopic (exact) mass is 302 g/mol. The van der Waals surface area contributed by atoms with Crippen LogP contribution in [-0.4, -0.2) is 11.9 Å². The molecular weight excluding hydrogens is 290 g/mol. The molecule has 0 aliphatic heterocycles. The van der Waals surface area contributed by atoms with Crippen LogP contribution in [0.15, 0.2) is 36.4 Å². The first kappa shape index (κ1) is 15.1. The Morgan fingerprint density at radius 2 is 1.76 bits per heavy atom. The molecule has 2 aromatic carbocycles. The largest absolute Gasteiger partial charge is 0.545 e. The molecule has 0 atom stereocenters. The number of nitrogens with one attached hydrogen (secondary N) is 1. The number of carbonyl (C=O) groups is 2.